The molecule has 2 aromatic heterocycles. The number of hydrogen-bond acceptors (Lipinski definition) is 2. The lowest BCUT2D eigenvalue weighted by Gasteiger charge is -2.11. The van der Waals surface area contributed by atoms with Crippen molar-refractivity contribution >= 4 is 22.8 Å². The summed E-state index contributed by atoms with van der Waals surface area (Å²) in [7, 11) is 1.99. The number of pyridine rings is 1. The van der Waals surface area contributed by atoms with Crippen LogP contribution in [-0.2, 0) is 13.5 Å². The molecule has 0 aliphatic heterocycles. The van der Waals surface area contributed by atoms with Crippen molar-refractivity contribution in [3.63, 3.8) is 0 Å². The minimum Gasteiger partial charge on any atom is -0.338 e. The standard InChI is InChI=1S/C19H22N4O/c1-13-6-4-8-17(14(13)2)22-19(24)21-11-9-15-12-23(3)18-16(15)7-5-10-20-18/h4-8,10,12H,9,11H2,1-3H3,(H2,21,22,24). The first-order valence-corrected chi connectivity index (χ1v) is 8.06. The van der Waals surface area contributed by atoms with E-state index in [1.54, 1.807) is 6.20 Å². The fourth-order valence-electron chi connectivity index (χ4n) is 2.86. The minimum atomic E-state index is -0.179. The molecule has 0 saturated heterocycles. The number of aromatic nitrogens is 2. The average molecular weight is 322 g/mol. The zero-order valence-corrected chi connectivity index (χ0v) is 14.3. The van der Waals surface area contributed by atoms with E-state index in [-0.39, 0.29) is 6.03 Å². The molecule has 124 valence electrons. The van der Waals surface area contributed by atoms with Gasteiger partial charge in [0.05, 0.1) is 0 Å². The van der Waals surface area contributed by atoms with Crippen molar-refractivity contribution in [3.8, 4) is 0 Å². The van der Waals surface area contributed by atoms with Crippen LogP contribution in [0.15, 0.2) is 42.7 Å². The molecule has 0 aliphatic rings. The Morgan fingerprint density at radius 1 is 1.21 bits per heavy atom. The molecule has 0 unspecified atom stereocenters. The van der Waals surface area contributed by atoms with Crippen LogP contribution in [0.5, 0.6) is 0 Å². The van der Waals surface area contributed by atoms with Crippen LogP contribution in [0.25, 0.3) is 11.0 Å². The molecule has 1 aromatic carbocycles. The summed E-state index contributed by atoms with van der Waals surface area (Å²) in [6, 6.07) is 9.72. The number of amides is 2. The van der Waals surface area contributed by atoms with E-state index >= 15 is 0 Å². The van der Waals surface area contributed by atoms with Gasteiger partial charge < -0.3 is 15.2 Å². The Labute approximate surface area is 141 Å². The number of nitrogens with zero attached hydrogens (tertiary/aromatic N) is 2. The number of hydrogen-bond donors (Lipinski definition) is 2. The number of urea groups is 1. The average Bonchev–Trinajstić information content (AvgIpc) is 2.89. The minimum absolute atomic E-state index is 0.179. The molecule has 0 atom stereocenters. The molecule has 0 saturated carbocycles. The lowest BCUT2D eigenvalue weighted by Crippen LogP contribution is -2.30. The molecular formula is C19H22N4O. The molecule has 0 fully saturated rings. The molecule has 0 bridgehead atoms. The Kier molecular flexibility index (Phi) is 4.51. The third kappa shape index (κ3) is 3.25. The summed E-state index contributed by atoms with van der Waals surface area (Å²) in [5.74, 6) is 0. The fraction of sp³-hybridized carbons (Fsp3) is 0.263. The molecular weight excluding hydrogens is 300 g/mol. The van der Waals surface area contributed by atoms with Crippen molar-refractivity contribution in [2.24, 2.45) is 7.05 Å². The fourth-order valence-corrected chi connectivity index (χ4v) is 2.86. The van der Waals surface area contributed by atoms with E-state index in [1.807, 2.05) is 49.7 Å². The predicted octanol–water partition coefficient (Wildman–Crippen LogP) is 3.55. The highest BCUT2D eigenvalue weighted by Gasteiger charge is 2.08. The van der Waals surface area contributed by atoms with E-state index < -0.39 is 0 Å². The van der Waals surface area contributed by atoms with E-state index in [1.165, 1.54) is 5.56 Å². The number of rotatable bonds is 4. The van der Waals surface area contributed by atoms with Crippen molar-refractivity contribution < 1.29 is 4.79 Å². The highest BCUT2D eigenvalue weighted by molar-refractivity contribution is 5.90. The highest BCUT2D eigenvalue weighted by Crippen LogP contribution is 2.19. The summed E-state index contributed by atoms with van der Waals surface area (Å²) < 4.78 is 2.01. The maximum Gasteiger partial charge on any atom is 0.319 e. The first-order chi connectivity index (χ1) is 11.6. The monoisotopic (exact) mass is 322 g/mol. The van der Waals surface area contributed by atoms with E-state index in [0.717, 1.165) is 34.3 Å². The maximum absolute atomic E-state index is 12.1. The van der Waals surface area contributed by atoms with E-state index in [4.69, 9.17) is 0 Å². The first kappa shape index (κ1) is 16.1. The van der Waals surface area contributed by atoms with E-state index in [0.29, 0.717) is 6.54 Å². The second-order valence-corrected chi connectivity index (χ2v) is 6.02. The molecule has 5 nitrogen and oxygen atoms in total. The zero-order chi connectivity index (χ0) is 17.1. The van der Waals surface area contributed by atoms with Crippen molar-refractivity contribution in [3.05, 3.63) is 59.4 Å². The Morgan fingerprint density at radius 3 is 2.88 bits per heavy atom. The van der Waals surface area contributed by atoms with Gasteiger partial charge in [0.15, 0.2) is 0 Å². The second kappa shape index (κ2) is 6.74. The van der Waals surface area contributed by atoms with Gasteiger partial charge in [-0.3, -0.25) is 0 Å². The van der Waals surface area contributed by atoms with Gasteiger partial charge in [0.1, 0.15) is 5.65 Å². The smallest absolute Gasteiger partial charge is 0.319 e. The van der Waals surface area contributed by atoms with E-state index in [9.17, 15) is 4.79 Å². The predicted molar refractivity (Wildman–Crippen MR) is 97.4 cm³/mol. The van der Waals surface area contributed by atoms with Crippen LogP contribution in [0, 0.1) is 13.8 Å². The Hall–Kier alpha value is -2.82. The van der Waals surface area contributed by atoms with Crippen LogP contribution in [0.4, 0.5) is 10.5 Å². The molecule has 24 heavy (non-hydrogen) atoms. The van der Waals surface area contributed by atoms with Crippen LogP contribution in [-0.4, -0.2) is 22.1 Å². The summed E-state index contributed by atoms with van der Waals surface area (Å²) in [5, 5.41) is 6.97. The lowest BCUT2D eigenvalue weighted by molar-refractivity contribution is 0.252. The summed E-state index contributed by atoms with van der Waals surface area (Å²) in [5.41, 5.74) is 5.26. The first-order valence-electron chi connectivity index (χ1n) is 8.06. The summed E-state index contributed by atoms with van der Waals surface area (Å²) in [4.78, 5) is 16.5. The molecule has 2 amide bonds. The summed E-state index contributed by atoms with van der Waals surface area (Å²) >= 11 is 0. The number of nitrogens with one attached hydrogen (secondary N) is 2. The number of anilines is 1. The highest BCUT2D eigenvalue weighted by atomic mass is 16.2. The van der Waals surface area contributed by atoms with Gasteiger partial charge >= 0.3 is 6.03 Å². The molecule has 0 aliphatic carbocycles. The third-order valence-corrected chi connectivity index (χ3v) is 4.35. The maximum atomic E-state index is 12.1. The van der Waals surface area contributed by atoms with Crippen molar-refractivity contribution in [1.82, 2.24) is 14.9 Å². The van der Waals surface area contributed by atoms with Crippen molar-refractivity contribution in [2.75, 3.05) is 11.9 Å². The van der Waals surface area contributed by atoms with Crippen LogP contribution < -0.4 is 10.6 Å². The molecule has 0 spiro atoms. The largest absolute Gasteiger partial charge is 0.338 e. The Bertz CT molecular complexity index is 882. The molecule has 3 rings (SSSR count). The molecule has 5 heteroatoms. The molecule has 2 heterocycles. The quantitative estimate of drug-likeness (QED) is 0.771. The van der Waals surface area contributed by atoms with Crippen LogP contribution in [0.3, 0.4) is 0 Å². The Morgan fingerprint density at radius 2 is 2.04 bits per heavy atom. The third-order valence-electron chi connectivity index (χ3n) is 4.35. The number of carbonyl (C=O) groups is 1. The topological polar surface area (TPSA) is 59.0 Å². The number of aryl methyl sites for hydroxylation is 2. The second-order valence-electron chi connectivity index (χ2n) is 6.02. The van der Waals surface area contributed by atoms with Crippen LogP contribution in [0.2, 0.25) is 0 Å². The normalized spacial score (nSPS) is 10.8. The summed E-state index contributed by atoms with van der Waals surface area (Å²) in [6.07, 6.45) is 4.63. The van der Waals surface area contributed by atoms with Gasteiger partial charge in [-0.25, -0.2) is 9.78 Å². The lowest BCUT2D eigenvalue weighted by atomic mass is 10.1. The number of fused-ring (bicyclic) bond motifs is 1. The SMILES string of the molecule is Cc1cccc(NC(=O)NCCc2cn(C)c3ncccc23)c1C. The van der Waals surface area contributed by atoms with Crippen molar-refractivity contribution in [2.45, 2.75) is 20.3 Å². The van der Waals surface area contributed by atoms with Gasteiger partial charge in [-0.1, -0.05) is 12.1 Å². The van der Waals surface area contributed by atoms with Gasteiger partial charge in [-0.2, -0.15) is 0 Å². The van der Waals surface area contributed by atoms with Gasteiger partial charge in [0.25, 0.3) is 0 Å². The van der Waals surface area contributed by atoms with Crippen molar-refractivity contribution in [1.29, 1.82) is 0 Å². The van der Waals surface area contributed by atoms with Gasteiger partial charge in [-0.05, 0) is 55.2 Å². The number of carbonyl (C=O) groups excluding carboxylic acids is 1. The Balaban J connectivity index is 1.60. The zero-order valence-electron chi connectivity index (χ0n) is 14.3. The molecule has 0 radical (unpaired) electrons. The van der Waals surface area contributed by atoms with Gasteiger partial charge in [0, 0.05) is 37.1 Å². The van der Waals surface area contributed by atoms with Gasteiger partial charge in [-0.15, -0.1) is 0 Å². The van der Waals surface area contributed by atoms with Crippen LogP contribution >= 0.6 is 0 Å². The van der Waals surface area contributed by atoms with Crippen LogP contribution in [0.1, 0.15) is 16.7 Å². The van der Waals surface area contributed by atoms with E-state index in [2.05, 4.69) is 27.9 Å². The number of benzene rings is 1. The molecule has 2 N–H and O–H groups in total. The van der Waals surface area contributed by atoms with Gasteiger partial charge in [0.2, 0.25) is 0 Å². The summed E-state index contributed by atoms with van der Waals surface area (Å²) in [6.45, 7) is 4.62. The molecule has 3 aromatic rings.